The second kappa shape index (κ2) is 4.60. The van der Waals surface area contributed by atoms with Crippen LogP contribution in [0.15, 0.2) is 53.4 Å². The summed E-state index contributed by atoms with van der Waals surface area (Å²) >= 11 is 1.06. The Bertz CT molecular complexity index is 813. The summed E-state index contributed by atoms with van der Waals surface area (Å²) in [6, 6.07) is 13.4. The molecule has 3 aromatic rings. The van der Waals surface area contributed by atoms with Crippen LogP contribution in [0.1, 0.15) is 0 Å². The third-order valence-corrected chi connectivity index (χ3v) is 4.50. The summed E-state index contributed by atoms with van der Waals surface area (Å²) in [7, 11) is -3.60. The summed E-state index contributed by atoms with van der Waals surface area (Å²) in [5.74, 6) is 0. The van der Waals surface area contributed by atoms with Crippen LogP contribution >= 0.6 is 11.7 Å². The number of benzene rings is 2. The summed E-state index contributed by atoms with van der Waals surface area (Å²) in [5, 5.41) is 0. The van der Waals surface area contributed by atoms with Crippen LogP contribution in [0.2, 0.25) is 0 Å². The quantitative estimate of drug-likeness (QED) is 0.804. The number of rotatable bonds is 3. The van der Waals surface area contributed by atoms with Crippen molar-refractivity contribution in [2.75, 3.05) is 4.72 Å². The zero-order chi connectivity index (χ0) is 13.3. The number of nitrogens with one attached hydrogen (secondary N) is 1. The van der Waals surface area contributed by atoms with Crippen LogP contribution in [-0.2, 0) is 10.0 Å². The predicted octanol–water partition coefficient (Wildman–Crippen LogP) is 2.49. The molecule has 0 fully saturated rings. The molecule has 96 valence electrons. The minimum Gasteiger partial charge on any atom is -0.280 e. The monoisotopic (exact) mass is 291 g/mol. The predicted molar refractivity (Wildman–Crippen MR) is 74.7 cm³/mol. The minimum absolute atomic E-state index is 0.177. The van der Waals surface area contributed by atoms with Crippen molar-refractivity contribution in [2.24, 2.45) is 0 Å². The van der Waals surface area contributed by atoms with Crippen molar-refractivity contribution in [3.63, 3.8) is 0 Å². The molecule has 0 saturated heterocycles. The van der Waals surface area contributed by atoms with Crippen LogP contribution in [-0.4, -0.2) is 17.2 Å². The van der Waals surface area contributed by atoms with E-state index in [1.165, 1.54) is 12.1 Å². The molecule has 0 radical (unpaired) electrons. The maximum atomic E-state index is 12.2. The highest BCUT2D eigenvalue weighted by molar-refractivity contribution is 7.92. The number of nitrogens with zero attached hydrogens (tertiary/aromatic N) is 2. The third kappa shape index (κ3) is 2.42. The van der Waals surface area contributed by atoms with E-state index in [9.17, 15) is 8.42 Å². The summed E-state index contributed by atoms with van der Waals surface area (Å²) < 4.78 is 35.0. The molecule has 7 heteroatoms. The van der Waals surface area contributed by atoms with Crippen molar-refractivity contribution in [1.29, 1.82) is 0 Å². The number of para-hydroxylation sites is 1. The van der Waals surface area contributed by atoms with Gasteiger partial charge in [-0.1, -0.05) is 18.2 Å². The molecular weight excluding hydrogens is 282 g/mol. The van der Waals surface area contributed by atoms with Gasteiger partial charge in [0.15, 0.2) is 0 Å². The molecule has 1 N–H and O–H groups in total. The van der Waals surface area contributed by atoms with Crippen LogP contribution in [0.3, 0.4) is 0 Å². The highest BCUT2D eigenvalue weighted by Crippen LogP contribution is 2.20. The van der Waals surface area contributed by atoms with E-state index in [1.807, 2.05) is 6.07 Å². The first-order chi connectivity index (χ1) is 9.15. The SMILES string of the molecule is O=S(=O)(Nc1ccccc1)c1ccc2nsnc2c1. The van der Waals surface area contributed by atoms with Gasteiger partial charge in [-0.3, -0.25) is 4.72 Å². The fourth-order valence-electron chi connectivity index (χ4n) is 1.65. The van der Waals surface area contributed by atoms with Gasteiger partial charge in [0.1, 0.15) is 11.0 Å². The molecule has 0 aliphatic rings. The lowest BCUT2D eigenvalue weighted by molar-refractivity contribution is 0.601. The maximum Gasteiger partial charge on any atom is 0.261 e. The average Bonchev–Trinajstić information content (AvgIpc) is 2.86. The Morgan fingerprint density at radius 2 is 1.68 bits per heavy atom. The number of anilines is 1. The van der Waals surface area contributed by atoms with Crippen molar-refractivity contribution >= 4 is 38.5 Å². The highest BCUT2D eigenvalue weighted by Gasteiger charge is 2.15. The molecule has 19 heavy (non-hydrogen) atoms. The van der Waals surface area contributed by atoms with Crippen LogP contribution in [0.25, 0.3) is 11.0 Å². The van der Waals surface area contributed by atoms with Crippen molar-refractivity contribution in [3.05, 3.63) is 48.5 Å². The smallest absolute Gasteiger partial charge is 0.261 e. The highest BCUT2D eigenvalue weighted by atomic mass is 32.2. The lowest BCUT2D eigenvalue weighted by atomic mass is 10.3. The van der Waals surface area contributed by atoms with Crippen LogP contribution < -0.4 is 4.72 Å². The Morgan fingerprint density at radius 3 is 2.47 bits per heavy atom. The van der Waals surface area contributed by atoms with Crippen LogP contribution in [0.4, 0.5) is 5.69 Å². The van der Waals surface area contributed by atoms with Gasteiger partial charge >= 0.3 is 0 Å². The fourth-order valence-corrected chi connectivity index (χ4v) is 3.24. The van der Waals surface area contributed by atoms with Crippen molar-refractivity contribution in [1.82, 2.24) is 8.75 Å². The Labute approximate surface area is 114 Å². The van der Waals surface area contributed by atoms with Crippen LogP contribution in [0, 0.1) is 0 Å². The van der Waals surface area contributed by atoms with Crippen molar-refractivity contribution < 1.29 is 8.42 Å². The topological polar surface area (TPSA) is 72.0 Å². The normalized spacial score (nSPS) is 11.6. The van der Waals surface area contributed by atoms with Gasteiger partial charge in [-0.15, -0.1) is 0 Å². The number of hydrogen-bond donors (Lipinski definition) is 1. The zero-order valence-corrected chi connectivity index (χ0v) is 11.3. The van der Waals surface area contributed by atoms with Gasteiger partial charge in [0.05, 0.1) is 16.6 Å². The summed E-state index contributed by atoms with van der Waals surface area (Å²) in [6.45, 7) is 0. The summed E-state index contributed by atoms with van der Waals surface area (Å²) in [5.41, 5.74) is 1.81. The van der Waals surface area contributed by atoms with Gasteiger partial charge in [0.2, 0.25) is 0 Å². The molecular formula is C12H9N3O2S2. The summed E-state index contributed by atoms with van der Waals surface area (Å²) in [6.07, 6.45) is 0. The van der Waals surface area contributed by atoms with Crippen molar-refractivity contribution in [3.8, 4) is 0 Å². The van der Waals surface area contributed by atoms with Crippen molar-refractivity contribution in [2.45, 2.75) is 4.90 Å². The fraction of sp³-hybridized carbons (Fsp3) is 0. The van der Waals surface area contributed by atoms with Gasteiger partial charge in [-0.25, -0.2) is 8.42 Å². The average molecular weight is 291 g/mol. The zero-order valence-electron chi connectivity index (χ0n) is 9.65. The maximum absolute atomic E-state index is 12.2. The molecule has 0 unspecified atom stereocenters. The first-order valence-electron chi connectivity index (χ1n) is 5.45. The molecule has 0 aliphatic carbocycles. The lowest BCUT2D eigenvalue weighted by Crippen LogP contribution is -2.12. The Morgan fingerprint density at radius 1 is 0.947 bits per heavy atom. The second-order valence-electron chi connectivity index (χ2n) is 3.89. The van der Waals surface area contributed by atoms with Gasteiger partial charge in [-0.05, 0) is 30.3 Å². The van der Waals surface area contributed by atoms with E-state index >= 15 is 0 Å². The second-order valence-corrected chi connectivity index (χ2v) is 6.10. The molecule has 2 aromatic carbocycles. The lowest BCUT2D eigenvalue weighted by Gasteiger charge is -2.07. The first-order valence-corrected chi connectivity index (χ1v) is 7.67. The molecule has 0 amide bonds. The Hall–Kier alpha value is -1.99. The van der Waals surface area contributed by atoms with E-state index < -0.39 is 10.0 Å². The third-order valence-electron chi connectivity index (χ3n) is 2.56. The van der Waals surface area contributed by atoms with Gasteiger partial charge in [0.25, 0.3) is 10.0 Å². The largest absolute Gasteiger partial charge is 0.280 e. The molecule has 5 nitrogen and oxygen atoms in total. The van der Waals surface area contributed by atoms with Gasteiger partial charge in [-0.2, -0.15) is 8.75 Å². The summed E-state index contributed by atoms with van der Waals surface area (Å²) in [4.78, 5) is 0.177. The molecule has 0 atom stereocenters. The van der Waals surface area contributed by atoms with Crippen LogP contribution in [0.5, 0.6) is 0 Å². The molecule has 1 aromatic heterocycles. The Balaban J connectivity index is 1.99. The van der Waals surface area contributed by atoms with E-state index in [0.29, 0.717) is 16.7 Å². The van der Waals surface area contributed by atoms with Gasteiger partial charge in [0, 0.05) is 5.69 Å². The number of aromatic nitrogens is 2. The van der Waals surface area contributed by atoms with E-state index in [4.69, 9.17) is 0 Å². The molecule has 0 spiro atoms. The number of sulfonamides is 1. The molecule has 0 bridgehead atoms. The van der Waals surface area contributed by atoms with E-state index in [0.717, 1.165) is 11.7 Å². The molecule has 0 saturated carbocycles. The first kappa shape index (κ1) is 12.1. The molecule has 1 heterocycles. The van der Waals surface area contributed by atoms with E-state index in [-0.39, 0.29) is 4.90 Å². The molecule has 3 rings (SSSR count). The Kier molecular flexibility index (Phi) is 2.92. The number of hydrogen-bond acceptors (Lipinski definition) is 5. The number of fused-ring (bicyclic) bond motifs is 1. The van der Waals surface area contributed by atoms with E-state index in [1.54, 1.807) is 30.3 Å². The van der Waals surface area contributed by atoms with E-state index in [2.05, 4.69) is 13.5 Å². The van der Waals surface area contributed by atoms with Gasteiger partial charge < -0.3 is 0 Å². The molecule has 0 aliphatic heterocycles. The minimum atomic E-state index is -3.60. The standard InChI is InChI=1S/C12H9N3O2S2/c16-19(17,15-9-4-2-1-3-5-9)10-6-7-11-12(8-10)14-18-13-11/h1-8,15H.